The first-order chi connectivity index (χ1) is 9.11. The summed E-state index contributed by atoms with van der Waals surface area (Å²) in [7, 11) is 0. The molecule has 2 aliphatic heterocycles. The highest BCUT2D eigenvalue weighted by molar-refractivity contribution is 5.97. The molecule has 0 aliphatic carbocycles. The Kier molecular flexibility index (Phi) is 3.44. The fourth-order valence-corrected chi connectivity index (χ4v) is 3.84. The number of carbonyl (C=O) groups is 1. The Morgan fingerprint density at radius 1 is 1.21 bits per heavy atom. The molecule has 2 heteroatoms. The van der Waals surface area contributed by atoms with Crippen molar-refractivity contribution in [2.45, 2.75) is 58.0 Å². The maximum atomic E-state index is 12.5. The van der Waals surface area contributed by atoms with Crippen LogP contribution in [0, 0.1) is 19.8 Å². The Bertz CT molecular complexity index is 482. The van der Waals surface area contributed by atoms with Gasteiger partial charge in [-0.1, -0.05) is 23.8 Å². The number of carbonyl (C=O) groups excluding carboxylic acids is 1. The van der Waals surface area contributed by atoms with Crippen LogP contribution in [0.25, 0.3) is 0 Å². The molecule has 0 aromatic heterocycles. The zero-order chi connectivity index (χ0) is 13.4. The molecular formula is C17H23NO. The van der Waals surface area contributed by atoms with Crippen molar-refractivity contribution in [3.05, 3.63) is 34.9 Å². The zero-order valence-corrected chi connectivity index (χ0v) is 11.9. The van der Waals surface area contributed by atoms with Crippen LogP contribution in [-0.2, 0) is 0 Å². The van der Waals surface area contributed by atoms with E-state index >= 15 is 0 Å². The summed E-state index contributed by atoms with van der Waals surface area (Å²) in [6.07, 6.45) is 5.72. The molecule has 19 heavy (non-hydrogen) atoms. The third kappa shape index (κ3) is 2.74. The highest BCUT2D eigenvalue weighted by Crippen LogP contribution is 2.33. The third-order valence-electron chi connectivity index (χ3n) is 4.73. The van der Waals surface area contributed by atoms with Crippen molar-refractivity contribution in [1.82, 2.24) is 5.32 Å². The predicted molar refractivity (Wildman–Crippen MR) is 77.5 cm³/mol. The maximum Gasteiger partial charge on any atom is 0.163 e. The van der Waals surface area contributed by atoms with Crippen LogP contribution < -0.4 is 5.32 Å². The molecule has 1 aromatic carbocycles. The molecule has 2 nitrogen and oxygen atoms in total. The lowest BCUT2D eigenvalue weighted by molar-refractivity contribution is 0.0945. The highest BCUT2D eigenvalue weighted by Gasteiger charge is 2.34. The number of Topliss-reactive ketones (excluding diaryl/α,β-unsaturated/α-hetero) is 1. The molecule has 0 radical (unpaired) electrons. The maximum absolute atomic E-state index is 12.5. The Morgan fingerprint density at radius 3 is 2.53 bits per heavy atom. The first-order valence-electron chi connectivity index (χ1n) is 7.48. The summed E-state index contributed by atoms with van der Waals surface area (Å²) in [4.78, 5) is 12.5. The van der Waals surface area contributed by atoms with Crippen LogP contribution in [-0.4, -0.2) is 17.9 Å². The molecule has 2 bridgehead atoms. The van der Waals surface area contributed by atoms with Gasteiger partial charge in [0.2, 0.25) is 0 Å². The van der Waals surface area contributed by atoms with Crippen molar-refractivity contribution in [3.63, 3.8) is 0 Å². The summed E-state index contributed by atoms with van der Waals surface area (Å²) in [5.74, 6) is 0.927. The van der Waals surface area contributed by atoms with Gasteiger partial charge in [-0.2, -0.15) is 0 Å². The van der Waals surface area contributed by atoms with Crippen molar-refractivity contribution in [2.24, 2.45) is 5.92 Å². The van der Waals surface area contributed by atoms with Gasteiger partial charge in [-0.25, -0.2) is 0 Å². The fourth-order valence-electron chi connectivity index (χ4n) is 3.84. The van der Waals surface area contributed by atoms with E-state index in [9.17, 15) is 4.79 Å². The lowest BCUT2D eigenvalue weighted by Crippen LogP contribution is -2.38. The Morgan fingerprint density at radius 2 is 1.89 bits per heavy atom. The van der Waals surface area contributed by atoms with E-state index in [1.807, 2.05) is 19.1 Å². The summed E-state index contributed by atoms with van der Waals surface area (Å²) < 4.78 is 0. The summed E-state index contributed by atoms with van der Waals surface area (Å²) in [6, 6.07) is 7.51. The molecule has 1 N–H and O–H groups in total. The minimum Gasteiger partial charge on any atom is -0.311 e. The van der Waals surface area contributed by atoms with Crippen molar-refractivity contribution in [3.8, 4) is 0 Å². The van der Waals surface area contributed by atoms with Crippen molar-refractivity contribution in [1.29, 1.82) is 0 Å². The van der Waals surface area contributed by atoms with Crippen LogP contribution in [0.3, 0.4) is 0 Å². The number of rotatable bonds is 3. The normalized spacial score (nSPS) is 29.5. The fraction of sp³-hybridized carbons (Fsp3) is 0.588. The van der Waals surface area contributed by atoms with Gasteiger partial charge in [-0.05, 0) is 51.0 Å². The van der Waals surface area contributed by atoms with Gasteiger partial charge in [-0.3, -0.25) is 4.79 Å². The highest BCUT2D eigenvalue weighted by atomic mass is 16.1. The average molecular weight is 257 g/mol. The number of piperidine rings is 1. The van der Waals surface area contributed by atoms with E-state index in [0.717, 1.165) is 17.5 Å². The first-order valence-corrected chi connectivity index (χ1v) is 7.48. The molecular weight excluding hydrogens is 234 g/mol. The van der Waals surface area contributed by atoms with Crippen LogP contribution in [0.15, 0.2) is 18.2 Å². The topological polar surface area (TPSA) is 29.1 Å². The smallest absolute Gasteiger partial charge is 0.163 e. The molecule has 102 valence electrons. The van der Waals surface area contributed by atoms with Gasteiger partial charge in [0.05, 0.1) is 0 Å². The number of ketones is 1. The summed E-state index contributed by atoms with van der Waals surface area (Å²) in [5, 5.41) is 3.64. The second-order valence-corrected chi connectivity index (χ2v) is 6.42. The number of hydrogen-bond donors (Lipinski definition) is 1. The van der Waals surface area contributed by atoms with Gasteiger partial charge in [0, 0.05) is 24.1 Å². The van der Waals surface area contributed by atoms with E-state index in [1.165, 1.54) is 31.2 Å². The lowest BCUT2D eigenvalue weighted by Gasteiger charge is -2.28. The van der Waals surface area contributed by atoms with E-state index in [4.69, 9.17) is 0 Å². The molecule has 3 rings (SSSR count). The molecule has 2 saturated heterocycles. The Labute approximate surface area is 115 Å². The summed E-state index contributed by atoms with van der Waals surface area (Å²) in [6.45, 7) is 4.12. The van der Waals surface area contributed by atoms with Gasteiger partial charge in [-0.15, -0.1) is 0 Å². The van der Waals surface area contributed by atoms with E-state index in [0.29, 0.717) is 23.8 Å². The van der Waals surface area contributed by atoms with E-state index in [2.05, 4.69) is 18.3 Å². The monoisotopic (exact) mass is 257 g/mol. The van der Waals surface area contributed by atoms with Crippen molar-refractivity contribution < 1.29 is 4.79 Å². The van der Waals surface area contributed by atoms with Crippen molar-refractivity contribution >= 4 is 5.78 Å². The quantitative estimate of drug-likeness (QED) is 0.841. The average Bonchev–Trinajstić information content (AvgIpc) is 2.68. The standard InChI is InChI=1S/C17H23NO/c1-11-3-6-16(12(2)7-11)17(19)10-13-8-14-4-5-15(9-13)18-14/h3,6-7,13-15,18H,4-5,8-10H2,1-2H3. The Hall–Kier alpha value is -1.15. The molecule has 2 atom stereocenters. The van der Waals surface area contributed by atoms with E-state index < -0.39 is 0 Å². The molecule has 0 amide bonds. The Balaban J connectivity index is 1.68. The summed E-state index contributed by atoms with van der Waals surface area (Å²) in [5.41, 5.74) is 3.28. The van der Waals surface area contributed by atoms with Crippen LogP contribution in [0.1, 0.15) is 53.6 Å². The van der Waals surface area contributed by atoms with Gasteiger partial charge in [0.1, 0.15) is 0 Å². The van der Waals surface area contributed by atoms with Crippen LogP contribution in [0.2, 0.25) is 0 Å². The van der Waals surface area contributed by atoms with Gasteiger partial charge >= 0.3 is 0 Å². The number of hydrogen-bond acceptors (Lipinski definition) is 2. The van der Waals surface area contributed by atoms with Crippen LogP contribution in [0.4, 0.5) is 0 Å². The number of fused-ring (bicyclic) bond motifs is 2. The minimum absolute atomic E-state index is 0.337. The summed E-state index contributed by atoms with van der Waals surface area (Å²) >= 11 is 0. The molecule has 0 spiro atoms. The molecule has 2 fully saturated rings. The largest absolute Gasteiger partial charge is 0.311 e. The van der Waals surface area contributed by atoms with Crippen LogP contribution in [0.5, 0.6) is 0 Å². The van der Waals surface area contributed by atoms with Gasteiger partial charge in [0.25, 0.3) is 0 Å². The van der Waals surface area contributed by atoms with Gasteiger partial charge in [0.15, 0.2) is 5.78 Å². The van der Waals surface area contributed by atoms with E-state index in [1.54, 1.807) is 0 Å². The molecule has 2 aliphatic rings. The molecule has 2 unspecified atom stereocenters. The van der Waals surface area contributed by atoms with Crippen LogP contribution >= 0.6 is 0 Å². The molecule has 1 aromatic rings. The minimum atomic E-state index is 0.337. The number of aryl methyl sites for hydroxylation is 2. The second-order valence-electron chi connectivity index (χ2n) is 6.42. The third-order valence-corrected chi connectivity index (χ3v) is 4.73. The number of benzene rings is 1. The second kappa shape index (κ2) is 5.09. The number of nitrogens with one attached hydrogen (secondary N) is 1. The molecule has 0 saturated carbocycles. The SMILES string of the molecule is Cc1ccc(C(=O)CC2CC3CCC(C2)N3)c(C)c1. The first kappa shape index (κ1) is 12.9. The predicted octanol–water partition coefficient (Wildman–Crippen LogP) is 3.41. The zero-order valence-electron chi connectivity index (χ0n) is 11.9. The lowest BCUT2D eigenvalue weighted by atomic mass is 9.86. The van der Waals surface area contributed by atoms with Gasteiger partial charge < -0.3 is 5.32 Å². The molecule has 2 heterocycles. The van der Waals surface area contributed by atoms with Crippen molar-refractivity contribution in [2.75, 3.05) is 0 Å². The van der Waals surface area contributed by atoms with E-state index in [-0.39, 0.29) is 0 Å².